The van der Waals surface area contributed by atoms with Gasteiger partial charge >= 0.3 is 6.03 Å². The highest BCUT2D eigenvalue weighted by Gasteiger charge is 2.26. The van der Waals surface area contributed by atoms with Crippen LogP contribution in [0.25, 0.3) is 0 Å². The fraction of sp³-hybridized carbons (Fsp3) is 0.714. The van der Waals surface area contributed by atoms with E-state index in [1.54, 1.807) is 22.0 Å². The zero-order valence-electron chi connectivity index (χ0n) is 13.7. The molecule has 1 aliphatic heterocycles. The van der Waals surface area contributed by atoms with Crippen LogP contribution in [0.1, 0.15) is 32.6 Å². The molecule has 2 amide bonds. The summed E-state index contributed by atoms with van der Waals surface area (Å²) in [6.07, 6.45) is 8.11. The van der Waals surface area contributed by atoms with Crippen LogP contribution in [0.5, 0.6) is 0 Å². The maximum atomic E-state index is 12.5. The summed E-state index contributed by atoms with van der Waals surface area (Å²) in [6, 6.07) is -0.0936. The lowest BCUT2D eigenvalue weighted by Gasteiger charge is -2.35. The van der Waals surface area contributed by atoms with Crippen molar-refractivity contribution in [3.63, 3.8) is 0 Å². The van der Waals surface area contributed by atoms with Crippen molar-refractivity contribution < 1.29 is 13.2 Å². The number of carbonyl (C=O) groups excluding carboxylic acids is 1. The summed E-state index contributed by atoms with van der Waals surface area (Å²) in [7, 11) is -3.19. The molecule has 0 aliphatic carbocycles. The van der Waals surface area contributed by atoms with E-state index in [1.165, 1.54) is 0 Å². The van der Waals surface area contributed by atoms with Crippen LogP contribution in [0.2, 0.25) is 0 Å². The lowest BCUT2D eigenvalue weighted by molar-refractivity contribution is 0.158. The largest absolute Gasteiger partial charge is 0.322 e. The monoisotopic (exact) mass is 343 g/mol. The molecule has 0 spiro atoms. The summed E-state index contributed by atoms with van der Waals surface area (Å²) in [5, 5.41) is 7.00. The van der Waals surface area contributed by atoms with E-state index in [0.29, 0.717) is 25.2 Å². The minimum Gasteiger partial charge on any atom is -0.322 e. The minimum absolute atomic E-state index is 0.0548. The normalized spacial score (nSPS) is 18.9. The molecule has 0 aromatic carbocycles. The summed E-state index contributed by atoms with van der Waals surface area (Å²) in [5.74, 6) is 0. The predicted octanol–water partition coefficient (Wildman–Crippen LogP) is 1.23. The standard InChI is InChI=1S/C14H25N5O3S/c1-3-18-11-12(10-15-18)17-14(20)19-9-5-4-6-13(19)7-8-16-23(2,21)22/h10-11,13,16H,3-9H2,1-2H3,(H,17,20). The van der Waals surface area contributed by atoms with E-state index < -0.39 is 10.0 Å². The highest BCUT2D eigenvalue weighted by atomic mass is 32.2. The second kappa shape index (κ2) is 7.78. The van der Waals surface area contributed by atoms with Crippen molar-refractivity contribution in [3.05, 3.63) is 12.4 Å². The molecule has 9 heteroatoms. The summed E-state index contributed by atoms with van der Waals surface area (Å²) < 4.78 is 26.5. The number of likely N-dealkylation sites (tertiary alicyclic amines) is 1. The third-order valence-electron chi connectivity index (χ3n) is 3.94. The molecule has 1 saturated heterocycles. The quantitative estimate of drug-likeness (QED) is 0.812. The van der Waals surface area contributed by atoms with Crippen LogP contribution in [0.3, 0.4) is 0 Å². The summed E-state index contributed by atoms with van der Waals surface area (Å²) in [4.78, 5) is 14.3. The first-order valence-corrected chi connectivity index (χ1v) is 9.83. The Balaban J connectivity index is 1.92. The Hall–Kier alpha value is -1.61. The molecule has 2 heterocycles. The van der Waals surface area contributed by atoms with Gasteiger partial charge in [0.05, 0.1) is 18.1 Å². The Morgan fingerprint density at radius 1 is 1.43 bits per heavy atom. The van der Waals surface area contributed by atoms with Crippen LogP contribution in [0.4, 0.5) is 10.5 Å². The van der Waals surface area contributed by atoms with Crippen LogP contribution in [0.15, 0.2) is 12.4 Å². The smallest absolute Gasteiger partial charge is 0.322 e. The number of rotatable bonds is 6. The summed E-state index contributed by atoms with van der Waals surface area (Å²) in [5.41, 5.74) is 0.676. The second-order valence-electron chi connectivity index (χ2n) is 5.81. The van der Waals surface area contributed by atoms with E-state index in [9.17, 15) is 13.2 Å². The number of aromatic nitrogens is 2. The molecule has 1 aromatic rings. The molecule has 23 heavy (non-hydrogen) atoms. The van der Waals surface area contributed by atoms with E-state index in [1.807, 2.05) is 6.92 Å². The van der Waals surface area contributed by atoms with Gasteiger partial charge in [-0.05, 0) is 32.6 Å². The minimum atomic E-state index is -3.19. The fourth-order valence-electron chi connectivity index (χ4n) is 2.78. The molecule has 2 rings (SSSR count). The van der Waals surface area contributed by atoms with E-state index in [2.05, 4.69) is 15.1 Å². The van der Waals surface area contributed by atoms with Crippen molar-refractivity contribution in [3.8, 4) is 0 Å². The van der Waals surface area contributed by atoms with E-state index in [0.717, 1.165) is 32.1 Å². The zero-order valence-corrected chi connectivity index (χ0v) is 14.5. The molecule has 1 unspecified atom stereocenters. The molecule has 0 radical (unpaired) electrons. The van der Waals surface area contributed by atoms with Crippen LogP contribution < -0.4 is 10.0 Å². The van der Waals surface area contributed by atoms with Crippen LogP contribution >= 0.6 is 0 Å². The molecular formula is C14H25N5O3S. The number of nitrogens with one attached hydrogen (secondary N) is 2. The van der Waals surface area contributed by atoms with Crippen molar-refractivity contribution in [2.75, 3.05) is 24.7 Å². The van der Waals surface area contributed by atoms with E-state index in [4.69, 9.17) is 0 Å². The SMILES string of the molecule is CCn1cc(NC(=O)N2CCCCC2CCNS(C)(=O)=O)cn1. The number of anilines is 1. The first kappa shape index (κ1) is 17.7. The molecule has 130 valence electrons. The third kappa shape index (κ3) is 5.51. The van der Waals surface area contributed by atoms with Crippen LogP contribution in [-0.4, -0.2) is 54.5 Å². The van der Waals surface area contributed by atoms with E-state index >= 15 is 0 Å². The van der Waals surface area contributed by atoms with Crippen molar-refractivity contribution in [2.24, 2.45) is 0 Å². The number of amides is 2. The molecule has 0 saturated carbocycles. The Morgan fingerprint density at radius 3 is 2.87 bits per heavy atom. The second-order valence-corrected chi connectivity index (χ2v) is 7.65. The van der Waals surface area contributed by atoms with Gasteiger partial charge in [0.15, 0.2) is 0 Å². The van der Waals surface area contributed by atoms with E-state index in [-0.39, 0.29) is 12.1 Å². The molecular weight excluding hydrogens is 318 g/mol. The summed E-state index contributed by atoms with van der Waals surface area (Å²) >= 11 is 0. The number of urea groups is 1. The Morgan fingerprint density at radius 2 is 2.22 bits per heavy atom. The Bertz CT molecular complexity index is 628. The molecule has 1 atom stereocenters. The van der Waals surface area contributed by atoms with Crippen molar-refractivity contribution in [2.45, 2.75) is 45.2 Å². The Labute approximate surface area is 137 Å². The number of hydrogen-bond donors (Lipinski definition) is 2. The average molecular weight is 343 g/mol. The van der Waals surface area contributed by atoms with Crippen molar-refractivity contribution in [1.29, 1.82) is 0 Å². The van der Waals surface area contributed by atoms with Gasteiger partial charge in [-0.3, -0.25) is 4.68 Å². The lowest BCUT2D eigenvalue weighted by Crippen LogP contribution is -2.47. The maximum absolute atomic E-state index is 12.5. The number of nitrogens with zero attached hydrogens (tertiary/aromatic N) is 3. The average Bonchev–Trinajstić information content (AvgIpc) is 2.94. The molecule has 1 aliphatic rings. The van der Waals surface area contributed by atoms with Gasteiger partial charge in [-0.15, -0.1) is 0 Å². The molecule has 1 fully saturated rings. The number of sulfonamides is 1. The number of aryl methyl sites for hydroxylation is 1. The van der Waals surface area contributed by atoms with Crippen molar-refractivity contribution in [1.82, 2.24) is 19.4 Å². The summed E-state index contributed by atoms with van der Waals surface area (Å²) in [6.45, 7) is 3.77. The van der Waals surface area contributed by atoms with Crippen LogP contribution in [0, 0.1) is 0 Å². The number of piperidine rings is 1. The first-order chi connectivity index (χ1) is 10.9. The van der Waals surface area contributed by atoms with Gasteiger partial charge in [0.2, 0.25) is 10.0 Å². The van der Waals surface area contributed by atoms with Gasteiger partial charge in [-0.1, -0.05) is 0 Å². The fourth-order valence-corrected chi connectivity index (χ4v) is 3.26. The predicted molar refractivity (Wildman–Crippen MR) is 88.7 cm³/mol. The third-order valence-corrected chi connectivity index (χ3v) is 4.67. The topological polar surface area (TPSA) is 96.3 Å². The molecule has 2 N–H and O–H groups in total. The highest BCUT2D eigenvalue weighted by Crippen LogP contribution is 2.20. The van der Waals surface area contributed by atoms with Gasteiger partial charge in [0.1, 0.15) is 0 Å². The molecule has 0 bridgehead atoms. The maximum Gasteiger partial charge on any atom is 0.322 e. The lowest BCUT2D eigenvalue weighted by atomic mass is 10.00. The van der Waals surface area contributed by atoms with Gasteiger partial charge < -0.3 is 10.2 Å². The van der Waals surface area contributed by atoms with Gasteiger partial charge in [-0.25, -0.2) is 17.9 Å². The van der Waals surface area contributed by atoms with Gasteiger partial charge in [-0.2, -0.15) is 5.10 Å². The highest BCUT2D eigenvalue weighted by molar-refractivity contribution is 7.88. The van der Waals surface area contributed by atoms with Gasteiger partial charge in [0.25, 0.3) is 0 Å². The first-order valence-electron chi connectivity index (χ1n) is 7.93. The van der Waals surface area contributed by atoms with Crippen LogP contribution in [-0.2, 0) is 16.6 Å². The van der Waals surface area contributed by atoms with Crippen molar-refractivity contribution >= 4 is 21.7 Å². The number of hydrogen-bond acceptors (Lipinski definition) is 4. The molecule has 1 aromatic heterocycles. The Kier molecular flexibility index (Phi) is 6.00. The zero-order chi connectivity index (χ0) is 16.9. The van der Waals surface area contributed by atoms with Gasteiger partial charge in [0, 0.05) is 31.9 Å². The molecule has 8 nitrogen and oxygen atoms in total. The number of carbonyl (C=O) groups is 1.